The quantitative estimate of drug-likeness (QED) is 0.524. The van der Waals surface area contributed by atoms with Gasteiger partial charge >= 0.3 is 0 Å². The van der Waals surface area contributed by atoms with Crippen molar-refractivity contribution in [1.29, 1.82) is 0 Å². The standard InChI is InChI=1S/C20H22ClN5O2/c1-27-16-11-17(28-2)15(10-14(16)21)26-20-18(22)19(24-12-25-20)23-9-8-13-6-4-3-5-7-13/h3-7,10-12H,8-9,22H2,1-2H3,(H2,23,24,25,26). The Morgan fingerprint density at radius 2 is 1.71 bits per heavy atom. The lowest BCUT2D eigenvalue weighted by Gasteiger charge is -2.16. The molecule has 8 heteroatoms. The van der Waals surface area contributed by atoms with Gasteiger partial charge in [0.2, 0.25) is 0 Å². The highest BCUT2D eigenvalue weighted by Crippen LogP contribution is 2.38. The van der Waals surface area contributed by atoms with Crippen LogP contribution in [0.4, 0.5) is 23.0 Å². The highest BCUT2D eigenvalue weighted by atomic mass is 35.5. The molecular formula is C20H22ClN5O2. The van der Waals surface area contributed by atoms with Crippen molar-refractivity contribution in [2.75, 3.05) is 37.1 Å². The van der Waals surface area contributed by atoms with Crippen LogP contribution in [-0.2, 0) is 6.42 Å². The maximum atomic E-state index is 6.25. The molecule has 0 bridgehead atoms. The van der Waals surface area contributed by atoms with Crippen LogP contribution >= 0.6 is 11.6 Å². The molecule has 0 spiro atoms. The molecule has 0 aliphatic carbocycles. The smallest absolute Gasteiger partial charge is 0.159 e. The van der Waals surface area contributed by atoms with Crippen LogP contribution in [0.25, 0.3) is 0 Å². The van der Waals surface area contributed by atoms with Crippen LogP contribution in [0.3, 0.4) is 0 Å². The molecule has 1 heterocycles. The third kappa shape index (κ3) is 4.55. The summed E-state index contributed by atoms with van der Waals surface area (Å²) in [6, 6.07) is 13.6. The fourth-order valence-corrected chi connectivity index (χ4v) is 2.93. The first-order valence-electron chi connectivity index (χ1n) is 8.69. The average molecular weight is 400 g/mol. The number of methoxy groups -OCH3 is 2. The summed E-state index contributed by atoms with van der Waals surface area (Å²) >= 11 is 6.23. The Balaban J connectivity index is 1.75. The molecule has 28 heavy (non-hydrogen) atoms. The third-order valence-corrected chi connectivity index (χ3v) is 4.46. The number of nitrogens with one attached hydrogen (secondary N) is 2. The van der Waals surface area contributed by atoms with Crippen molar-refractivity contribution >= 4 is 34.6 Å². The van der Waals surface area contributed by atoms with Crippen LogP contribution in [0.2, 0.25) is 5.02 Å². The molecule has 7 nitrogen and oxygen atoms in total. The number of hydrogen-bond donors (Lipinski definition) is 3. The van der Waals surface area contributed by atoms with E-state index < -0.39 is 0 Å². The minimum Gasteiger partial charge on any atom is -0.495 e. The Morgan fingerprint density at radius 1 is 1.00 bits per heavy atom. The summed E-state index contributed by atoms with van der Waals surface area (Å²) in [6.07, 6.45) is 2.30. The van der Waals surface area contributed by atoms with Crippen molar-refractivity contribution in [3.63, 3.8) is 0 Å². The normalized spacial score (nSPS) is 10.4. The zero-order chi connectivity index (χ0) is 19.9. The molecule has 0 aliphatic heterocycles. The van der Waals surface area contributed by atoms with Crippen molar-refractivity contribution in [2.24, 2.45) is 0 Å². The number of benzene rings is 2. The van der Waals surface area contributed by atoms with E-state index in [-0.39, 0.29) is 0 Å². The fraction of sp³-hybridized carbons (Fsp3) is 0.200. The maximum absolute atomic E-state index is 6.25. The van der Waals surface area contributed by atoms with Gasteiger partial charge in [-0.1, -0.05) is 41.9 Å². The van der Waals surface area contributed by atoms with E-state index in [1.54, 1.807) is 26.4 Å². The number of nitrogens with zero attached hydrogens (tertiary/aromatic N) is 2. The predicted octanol–water partition coefficient (Wildman–Crippen LogP) is 4.13. The molecule has 146 valence electrons. The van der Waals surface area contributed by atoms with Crippen LogP contribution in [-0.4, -0.2) is 30.7 Å². The predicted molar refractivity (Wildman–Crippen MR) is 113 cm³/mol. The minimum atomic E-state index is 0.407. The average Bonchev–Trinajstić information content (AvgIpc) is 2.71. The van der Waals surface area contributed by atoms with Gasteiger partial charge < -0.3 is 25.8 Å². The van der Waals surface area contributed by atoms with Crippen LogP contribution in [0.1, 0.15) is 5.56 Å². The summed E-state index contributed by atoms with van der Waals surface area (Å²) in [5.41, 5.74) is 8.51. The summed E-state index contributed by atoms with van der Waals surface area (Å²) in [7, 11) is 3.11. The molecule has 3 aromatic rings. The molecule has 0 saturated heterocycles. The number of halogens is 1. The number of nitrogen functional groups attached to an aromatic ring is 1. The van der Waals surface area contributed by atoms with E-state index in [4.69, 9.17) is 26.8 Å². The Kier molecular flexibility index (Phi) is 6.39. The number of rotatable bonds is 8. The van der Waals surface area contributed by atoms with Gasteiger partial charge in [-0.25, -0.2) is 9.97 Å². The molecule has 0 unspecified atom stereocenters. The number of ether oxygens (including phenoxy) is 2. The molecule has 0 atom stereocenters. The van der Waals surface area contributed by atoms with Crippen LogP contribution < -0.4 is 25.8 Å². The van der Waals surface area contributed by atoms with Crippen LogP contribution in [0.5, 0.6) is 11.5 Å². The van der Waals surface area contributed by atoms with E-state index in [0.29, 0.717) is 46.1 Å². The molecule has 3 rings (SSSR count). The molecule has 0 radical (unpaired) electrons. The highest BCUT2D eigenvalue weighted by Gasteiger charge is 2.14. The van der Waals surface area contributed by atoms with Crippen molar-refractivity contribution in [2.45, 2.75) is 6.42 Å². The van der Waals surface area contributed by atoms with E-state index in [9.17, 15) is 0 Å². The second kappa shape index (κ2) is 9.14. The highest BCUT2D eigenvalue weighted by molar-refractivity contribution is 6.32. The third-order valence-electron chi connectivity index (χ3n) is 4.16. The molecule has 0 aliphatic rings. The first kappa shape index (κ1) is 19.6. The Morgan fingerprint density at radius 3 is 2.43 bits per heavy atom. The van der Waals surface area contributed by atoms with Gasteiger partial charge in [0.1, 0.15) is 23.5 Å². The molecule has 0 amide bonds. The summed E-state index contributed by atoms with van der Waals surface area (Å²) in [6.45, 7) is 0.697. The fourth-order valence-electron chi connectivity index (χ4n) is 2.69. The maximum Gasteiger partial charge on any atom is 0.159 e. The molecule has 1 aromatic heterocycles. The number of hydrogen-bond acceptors (Lipinski definition) is 7. The summed E-state index contributed by atoms with van der Waals surface area (Å²) in [5, 5.41) is 6.85. The van der Waals surface area contributed by atoms with Crippen molar-refractivity contribution in [3.8, 4) is 11.5 Å². The largest absolute Gasteiger partial charge is 0.495 e. The first-order valence-corrected chi connectivity index (χ1v) is 9.07. The van der Waals surface area contributed by atoms with Gasteiger partial charge in [0.05, 0.1) is 24.9 Å². The van der Waals surface area contributed by atoms with Crippen molar-refractivity contribution in [3.05, 3.63) is 59.4 Å². The second-order valence-corrected chi connectivity index (χ2v) is 6.37. The zero-order valence-electron chi connectivity index (χ0n) is 15.7. The lowest BCUT2D eigenvalue weighted by atomic mass is 10.1. The summed E-state index contributed by atoms with van der Waals surface area (Å²) in [5.74, 6) is 2.09. The van der Waals surface area contributed by atoms with E-state index in [2.05, 4.69) is 32.7 Å². The van der Waals surface area contributed by atoms with Gasteiger partial charge in [-0.3, -0.25) is 0 Å². The van der Waals surface area contributed by atoms with Crippen LogP contribution in [0, 0.1) is 0 Å². The Hall–Kier alpha value is -3.19. The molecule has 0 fully saturated rings. The van der Waals surface area contributed by atoms with E-state index in [1.165, 1.54) is 11.9 Å². The summed E-state index contributed by atoms with van der Waals surface area (Å²) in [4.78, 5) is 8.47. The van der Waals surface area contributed by atoms with E-state index >= 15 is 0 Å². The number of anilines is 4. The first-order chi connectivity index (χ1) is 13.6. The SMILES string of the molecule is COc1cc(OC)c(Nc2ncnc(NCCc3ccccc3)c2N)cc1Cl. The molecule has 2 aromatic carbocycles. The van der Waals surface area contributed by atoms with Gasteiger partial charge in [0, 0.05) is 12.6 Å². The van der Waals surface area contributed by atoms with Gasteiger partial charge in [-0.15, -0.1) is 0 Å². The Bertz CT molecular complexity index is 937. The lowest BCUT2D eigenvalue weighted by molar-refractivity contribution is 0.396. The lowest BCUT2D eigenvalue weighted by Crippen LogP contribution is -2.11. The number of aromatic nitrogens is 2. The van der Waals surface area contributed by atoms with E-state index in [0.717, 1.165) is 6.42 Å². The van der Waals surface area contributed by atoms with Gasteiger partial charge in [0.25, 0.3) is 0 Å². The van der Waals surface area contributed by atoms with Gasteiger partial charge in [-0.05, 0) is 18.1 Å². The molecule has 0 saturated carbocycles. The van der Waals surface area contributed by atoms with Gasteiger partial charge in [0.15, 0.2) is 11.6 Å². The minimum absolute atomic E-state index is 0.407. The summed E-state index contributed by atoms with van der Waals surface area (Å²) < 4.78 is 10.6. The van der Waals surface area contributed by atoms with Gasteiger partial charge in [-0.2, -0.15) is 0 Å². The molecule has 4 N–H and O–H groups in total. The Labute approximate surface area is 168 Å². The van der Waals surface area contributed by atoms with Crippen molar-refractivity contribution < 1.29 is 9.47 Å². The van der Waals surface area contributed by atoms with Crippen LogP contribution in [0.15, 0.2) is 48.8 Å². The monoisotopic (exact) mass is 399 g/mol. The van der Waals surface area contributed by atoms with E-state index in [1.807, 2.05) is 18.2 Å². The topological polar surface area (TPSA) is 94.3 Å². The second-order valence-electron chi connectivity index (χ2n) is 5.96. The van der Waals surface area contributed by atoms with Crippen molar-refractivity contribution in [1.82, 2.24) is 9.97 Å². The number of nitrogens with two attached hydrogens (primary N) is 1. The zero-order valence-corrected chi connectivity index (χ0v) is 16.5. The molecular weight excluding hydrogens is 378 g/mol.